The third-order valence-electron chi connectivity index (χ3n) is 4.09. The summed E-state index contributed by atoms with van der Waals surface area (Å²) in [4.78, 5) is 2.08. The van der Waals surface area contributed by atoms with Gasteiger partial charge in [0.1, 0.15) is 0 Å². The minimum Gasteiger partial charge on any atom is -0.493 e. The number of nitrogens with zero attached hydrogens (tertiary/aromatic N) is 1. The van der Waals surface area contributed by atoms with Crippen molar-refractivity contribution in [3.05, 3.63) is 23.8 Å². The predicted molar refractivity (Wildman–Crippen MR) is 89.3 cm³/mol. The van der Waals surface area contributed by atoms with E-state index in [-0.39, 0.29) is 24.9 Å². The summed E-state index contributed by atoms with van der Waals surface area (Å²) in [6.45, 7) is 2.97. The Morgan fingerprint density at radius 3 is 2.38 bits per heavy atom. The van der Waals surface area contributed by atoms with Crippen molar-refractivity contribution >= 4 is 12.4 Å². The maximum Gasteiger partial charge on any atom is 0.389 e. The summed E-state index contributed by atoms with van der Waals surface area (Å²) in [5.74, 6) is 1.05. The topological polar surface area (TPSA) is 33.7 Å². The van der Waals surface area contributed by atoms with E-state index in [0.29, 0.717) is 24.6 Å². The molecule has 138 valence electrons. The van der Waals surface area contributed by atoms with E-state index in [0.717, 1.165) is 18.7 Å². The largest absolute Gasteiger partial charge is 0.493 e. The average molecular weight is 369 g/mol. The molecule has 1 fully saturated rings. The quantitative estimate of drug-likeness (QED) is 0.834. The Hall–Kier alpha value is -1.18. The lowest BCUT2D eigenvalue weighted by Gasteiger charge is -2.36. The third-order valence-corrected chi connectivity index (χ3v) is 4.09. The Bertz CT molecular complexity index is 509. The van der Waals surface area contributed by atoms with Gasteiger partial charge in [0, 0.05) is 44.2 Å². The Morgan fingerprint density at radius 1 is 1.17 bits per heavy atom. The van der Waals surface area contributed by atoms with Crippen LogP contribution < -0.4 is 14.8 Å². The van der Waals surface area contributed by atoms with E-state index >= 15 is 0 Å². The Kier molecular flexibility index (Phi) is 8.12. The summed E-state index contributed by atoms with van der Waals surface area (Å²) in [6, 6.07) is 5.02. The fourth-order valence-electron chi connectivity index (χ4n) is 3.00. The molecule has 8 heteroatoms. The Labute approximate surface area is 146 Å². The van der Waals surface area contributed by atoms with E-state index in [9.17, 15) is 13.2 Å². The highest BCUT2D eigenvalue weighted by Crippen LogP contribution is 2.40. The zero-order valence-electron chi connectivity index (χ0n) is 13.9. The lowest BCUT2D eigenvalue weighted by molar-refractivity contribution is -0.138. The van der Waals surface area contributed by atoms with Crippen molar-refractivity contribution in [3.63, 3.8) is 0 Å². The van der Waals surface area contributed by atoms with Crippen molar-refractivity contribution < 1.29 is 22.6 Å². The van der Waals surface area contributed by atoms with Crippen molar-refractivity contribution in [1.29, 1.82) is 0 Å². The maximum absolute atomic E-state index is 12.7. The van der Waals surface area contributed by atoms with Crippen LogP contribution in [0.2, 0.25) is 0 Å². The van der Waals surface area contributed by atoms with Gasteiger partial charge in [-0.1, -0.05) is 12.1 Å². The molecule has 4 nitrogen and oxygen atoms in total. The molecule has 1 atom stereocenters. The van der Waals surface area contributed by atoms with Gasteiger partial charge in [0.2, 0.25) is 0 Å². The summed E-state index contributed by atoms with van der Waals surface area (Å²) in [6.07, 6.45) is -4.98. The Balaban J connectivity index is 0.00000288. The molecule has 1 saturated heterocycles. The van der Waals surface area contributed by atoms with Crippen LogP contribution in [0.4, 0.5) is 13.2 Å². The predicted octanol–water partition coefficient (Wildman–Crippen LogP) is 3.41. The molecule has 0 amide bonds. The standard InChI is InChI=1S/C16H23F3N2O2.ClH/c1-22-14-5-3-4-12(15(14)23-2)13(6-7-16(17,18)19)21-10-8-20-9-11-21;/h3-5,13,20H,6-11H2,1-2H3;1H/t13-;/m1./s1. The number of hydrogen-bond acceptors (Lipinski definition) is 4. The van der Waals surface area contributed by atoms with Gasteiger partial charge < -0.3 is 14.8 Å². The number of nitrogens with one attached hydrogen (secondary N) is 1. The Morgan fingerprint density at radius 2 is 1.83 bits per heavy atom. The molecule has 1 heterocycles. The lowest BCUT2D eigenvalue weighted by atomic mass is 9.97. The molecule has 0 aliphatic carbocycles. The van der Waals surface area contributed by atoms with Crippen molar-refractivity contribution in [2.75, 3.05) is 40.4 Å². The van der Waals surface area contributed by atoms with Crippen LogP contribution in [-0.2, 0) is 0 Å². The van der Waals surface area contributed by atoms with Crippen molar-refractivity contribution in [3.8, 4) is 11.5 Å². The molecule has 0 unspecified atom stereocenters. The van der Waals surface area contributed by atoms with Crippen LogP contribution in [0.15, 0.2) is 18.2 Å². The van der Waals surface area contributed by atoms with Crippen molar-refractivity contribution in [1.82, 2.24) is 10.2 Å². The zero-order valence-corrected chi connectivity index (χ0v) is 14.7. The molecule has 2 rings (SSSR count). The normalized spacial score (nSPS) is 17.0. The number of ether oxygens (including phenoxy) is 2. The van der Waals surface area contributed by atoms with Crippen LogP contribution in [0.3, 0.4) is 0 Å². The molecule has 0 saturated carbocycles. The number of para-hydroxylation sites is 1. The van der Waals surface area contributed by atoms with E-state index in [4.69, 9.17) is 9.47 Å². The smallest absolute Gasteiger partial charge is 0.389 e. The van der Waals surface area contributed by atoms with E-state index < -0.39 is 12.6 Å². The number of alkyl halides is 3. The summed E-state index contributed by atoms with van der Waals surface area (Å²) in [5.41, 5.74) is 0.748. The van der Waals surface area contributed by atoms with Gasteiger partial charge in [0.15, 0.2) is 11.5 Å². The van der Waals surface area contributed by atoms with E-state index in [2.05, 4.69) is 10.2 Å². The second kappa shape index (κ2) is 9.34. The minimum absolute atomic E-state index is 0. The number of hydrogen-bond donors (Lipinski definition) is 1. The summed E-state index contributed by atoms with van der Waals surface area (Å²) < 4.78 is 48.9. The van der Waals surface area contributed by atoms with E-state index in [1.165, 1.54) is 14.2 Å². The van der Waals surface area contributed by atoms with E-state index in [1.807, 2.05) is 6.07 Å². The van der Waals surface area contributed by atoms with Gasteiger partial charge in [0.25, 0.3) is 0 Å². The molecule has 1 aliphatic rings. The van der Waals surface area contributed by atoms with Gasteiger partial charge in [-0.2, -0.15) is 13.2 Å². The molecule has 1 aromatic carbocycles. The van der Waals surface area contributed by atoms with Crippen molar-refractivity contribution in [2.24, 2.45) is 0 Å². The maximum atomic E-state index is 12.7. The third kappa shape index (κ3) is 5.43. The molecule has 1 aliphatic heterocycles. The highest BCUT2D eigenvalue weighted by Gasteiger charge is 2.32. The van der Waals surface area contributed by atoms with E-state index in [1.54, 1.807) is 12.1 Å². The van der Waals surface area contributed by atoms with Gasteiger partial charge in [-0.3, -0.25) is 4.90 Å². The minimum atomic E-state index is -4.17. The molecule has 24 heavy (non-hydrogen) atoms. The van der Waals surface area contributed by atoms with Gasteiger partial charge in [0.05, 0.1) is 14.2 Å². The first kappa shape index (κ1) is 20.9. The molecule has 0 aromatic heterocycles. The number of halogens is 4. The van der Waals surface area contributed by atoms with Crippen LogP contribution in [0.5, 0.6) is 11.5 Å². The first-order valence-electron chi connectivity index (χ1n) is 7.68. The van der Waals surface area contributed by atoms with Crippen molar-refractivity contribution in [2.45, 2.75) is 25.1 Å². The molecular weight excluding hydrogens is 345 g/mol. The van der Waals surface area contributed by atoms with Gasteiger partial charge >= 0.3 is 6.18 Å². The highest BCUT2D eigenvalue weighted by atomic mass is 35.5. The fraction of sp³-hybridized carbons (Fsp3) is 0.625. The zero-order chi connectivity index (χ0) is 16.9. The van der Waals surface area contributed by atoms with Crippen LogP contribution in [-0.4, -0.2) is 51.5 Å². The summed E-state index contributed by atoms with van der Waals surface area (Å²) in [5, 5.41) is 3.22. The van der Waals surface area contributed by atoms with Gasteiger partial charge in [-0.25, -0.2) is 0 Å². The number of piperazine rings is 1. The summed E-state index contributed by atoms with van der Waals surface area (Å²) >= 11 is 0. The van der Waals surface area contributed by atoms with Gasteiger partial charge in [-0.15, -0.1) is 12.4 Å². The molecule has 0 bridgehead atoms. The van der Waals surface area contributed by atoms with Crippen LogP contribution in [0.1, 0.15) is 24.4 Å². The fourth-order valence-corrected chi connectivity index (χ4v) is 3.00. The lowest BCUT2D eigenvalue weighted by Crippen LogP contribution is -2.45. The van der Waals surface area contributed by atoms with Gasteiger partial charge in [-0.05, 0) is 12.5 Å². The number of benzene rings is 1. The molecule has 0 spiro atoms. The first-order valence-corrected chi connectivity index (χ1v) is 7.68. The molecular formula is C16H24ClF3N2O2. The monoisotopic (exact) mass is 368 g/mol. The highest BCUT2D eigenvalue weighted by molar-refractivity contribution is 5.85. The SMILES string of the molecule is COc1cccc([C@@H](CCC(F)(F)F)N2CCNCC2)c1OC.Cl. The number of methoxy groups -OCH3 is 2. The van der Waals surface area contributed by atoms with Crippen LogP contribution in [0.25, 0.3) is 0 Å². The van der Waals surface area contributed by atoms with Crippen LogP contribution in [0, 0.1) is 0 Å². The second-order valence-electron chi connectivity index (χ2n) is 5.54. The molecule has 1 aromatic rings. The first-order chi connectivity index (χ1) is 11.0. The molecule has 1 N–H and O–H groups in total. The van der Waals surface area contributed by atoms with Crippen LogP contribution >= 0.6 is 12.4 Å². The number of rotatable bonds is 6. The average Bonchev–Trinajstić information content (AvgIpc) is 2.54. The summed E-state index contributed by atoms with van der Waals surface area (Å²) in [7, 11) is 3.04. The molecule has 0 radical (unpaired) electrons. The second-order valence-corrected chi connectivity index (χ2v) is 5.54.